The third-order valence-electron chi connectivity index (χ3n) is 6.73. The fraction of sp³-hybridized carbons (Fsp3) is 0.360. The molecule has 0 bridgehead atoms. The van der Waals surface area contributed by atoms with Gasteiger partial charge in [-0.3, -0.25) is 14.2 Å². The number of alkyl halides is 4. The summed E-state index contributed by atoms with van der Waals surface area (Å²) in [5.41, 5.74) is -4.37. The number of nitrogens with one attached hydrogen (secondary N) is 1. The van der Waals surface area contributed by atoms with Gasteiger partial charge < -0.3 is 10.1 Å². The van der Waals surface area contributed by atoms with Gasteiger partial charge in [0, 0.05) is 29.9 Å². The van der Waals surface area contributed by atoms with E-state index in [0.29, 0.717) is 6.92 Å². The molecule has 1 aromatic carbocycles. The molecule has 1 aliphatic carbocycles. The van der Waals surface area contributed by atoms with E-state index in [1.165, 1.54) is 18.2 Å². The lowest BCUT2D eigenvalue weighted by Crippen LogP contribution is -2.42. The van der Waals surface area contributed by atoms with Crippen LogP contribution in [0.5, 0.6) is 11.5 Å². The zero-order valence-electron chi connectivity index (χ0n) is 19.9. The average Bonchev–Trinajstić information content (AvgIpc) is 3.36. The van der Waals surface area contributed by atoms with E-state index in [9.17, 15) is 32.4 Å². The molecule has 4 rings (SSSR count). The number of aromatic nitrogens is 2. The summed E-state index contributed by atoms with van der Waals surface area (Å²) >= 11 is 5.98. The van der Waals surface area contributed by atoms with Crippen molar-refractivity contribution in [1.82, 2.24) is 14.9 Å². The van der Waals surface area contributed by atoms with E-state index in [0.717, 1.165) is 23.9 Å². The van der Waals surface area contributed by atoms with Crippen molar-refractivity contribution in [1.29, 1.82) is 5.26 Å². The number of nitriles is 1. The average molecular weight is 537 g/mol. The first kappa shape index (κ1) is 26.4. The van der Waals surface area contributed by atoms with E-state index in [4.69, 9.17) is 16.3 Å². The van der Waals surface area contributed by atoms with Crippen LogP contribution in [0.2, 0.25) is 5.02 Å². The van der Waals surface area contributed by atoms with Crippen molar-refractivity contribution in [2.75, 3.05) is 0 Å². The van der Waals surface area contributed by atoms with Gasteiger partial charge in [-0.25, -0.2) is 13.8 Å². The number of carbonyl (C=O) groups excluding carboxylic acids is 1. The zero-order valence-corrected chi connectivity index (χ0v) is 20.7. The predicted octanol–water partition coefficient (Wildman–Crippen LogP) is 4.94. The Morgan fingerprint density at radius 3 is 2.59 bits per heavy atom. The number of rotatable bonds is 7. The van der Waals surface area contributed by atoms with Crippen LogP contribution in [0.1, 0.15) is 32.0 Å². The number of hydrogen-bond donors (Lipinski definition) is 1. The van der Waals surface area contributed by atoms with Crippen molar-refractivity contribution in [3.63, 3.8) is 0 Å². The van der Waals surface area contributed by atoms with Crippen LogP contribution in [0.3, 0.4) is 0 Å². The highest BCUT2D eigenvalue weighted by atomic mass is 35.5. The minimum atomic E-state index is -3.76. The molecule has 3 atom stereocenters. The molecule has 7 nitrogen and oxygen atoms in total. The quantitative estimate of drug-likeness (QED) is 0.399. The summed E-state index contributed by atoms with van der Waals surface area (Å²) in [6.07, 6.45) is 2.03. The molecule has 12 heteroatoms. The van der Waals surface area contributed by atoms with Gasteiger partial charge >= 0.3 is 5.92 Å². The molecule has 2 aliphatic rings. The molecule has 0 radical (unpaired) electrons. The molecule has 1 aromatic heterocycles. The number of halogens is 5. The SMILES string of the molecule is C=C(C)C(F)(F)c1ncn(CC23C=C(C(C)(F)F)C(=O)NC2C3C)c(=O)c1Oc1cc(Cl)cc(C#N)c1. The number of carbonyl (C=O) groups is 1. The molecule has 1 N–H and O–H groups in total. The number of amides is 1. The molecule has 0 spiro atoms. The summed E-state index contributed by atoms with van der Waals surface area (Å²) in [4.78, 5) is 29.4. The monoisotopic (exact) mass is 536 g/mol. The second-order valence-corrected chi connectivity index (χ2v) is 9.83. The van der Waals surface area contributed by atoms with Crippen molar-refractivity contribution >= 4 is 17.5 Å². The van der Waals surface area contributed by atoms with Gasteiger partial charge in [0.05, 0.1) is 23.5 Å². The molecule has 1 amide bonds. The van der Waals surface area contributed by atoms with Crippen LogP contribution in [0.15, 0.2) is 53.1 Å². The second-order valence-electron chi connectivity index (χ2n) is 9.40. The number of nitrogens with zero attached hydrogens (tertiary/aromatic N) is 3. The molecule has 2 heterocycles. The van der Waals surface area contributed by atoms with Gasteiger partial charge in [0.25, 0.3) is 17.4 Å². The molecule has 1 aliphatic heterocycles. The second kappa shape index (κ2) is 8.73. The largest absolute Gasteiger partial charge is 0.449 e. The number of ether oxygens (including phenoxy) is 1. The van der Waals surface area contributed by atoms with Crippen LogP contribution in [-0.2, 0) is 17.3 Å². The van der Waals surface area contributed by atoms with Gasteiger partial charge in [0.1, 0.15) is 5.75 Å². The first-order chi connectivity index (χ1) is 17.1. The van der Waals surface area contributed by atoms with Crippen molar-refractivity contribution in [3.05, 3.63) is 75.0 Å². The lowest BCUT2D eigenvalue weighted by atomic mass is 9.93. The van der Waals surface area contributed by atoms with Crippen LogP contribution in [0.25, 0.3) is 0 Å². The van der Waals surface area contributed by atoms with Crippen molar-refractivity contribution in [3.8, 4) is 17.6 Å². The van der Waals surface area contributed by atoms with Gasteiger partial charge in [-0.1, -0.05) is 31.2 Å². The predicted molar refractivity (Wildman–Crippen MR) is 126 cm³/mol. The molecule has 2 aromatic rings. The lowest BCUT2D eigenvalue weighted by Gasteiger charge is -2.25. The van der Waals surface area contributed by atoms with Gasteiger partial charge in [-0.15, -0.1) is 0 Å². The fourth-order valence-electron chi connectivity index (χ4n) is 4.50. The molecular weight excluding hydrogens is 516 g/mol. The Hall–Kier alpha value is -3.65. The number of allylic oxidation sites excluding steroid dienone is 1. The van der Waals surface area contributed by atoms with E-state index >= 15 is 0 Å². The maximum atomic E-state index is 15.0. The summed E-state index contributed by atoms with van der Waals surface area (Å²) in [6.45, 7) is 6.39. The summed E-state index contributed by atoms with van der Waals surface area (Å²) < 4.78 is 64.6. The molecule has 0 saturated heterocycles. The molecule has 3 unspecified atom stereocenters. The molecular formula is C25H21ClF4N4O3. The van der Waals surface area contributed by atoms with Gasteiger partial charge in [0.2, 0.25) is 5.75 Å². The summed E-state index contributed by atoms with van der Waals surface area (Å²) in [6, 6.07) is 5.06. The van der Waals surface area contributed by atoms with Gasteiger partial charge in [-0.2, -0.15) is 14.0 Å². The molecule has 1 saturated carbocycles. The smallest absolute Gasteiger partial charge is 0.314 e. The normalized spacial score (nSPS) is 22.9. The summed E-state index contributed by atoms with van der Waals surface area (Å²) in [7, 11) is 0. The minimum Gasteiger partial charge on any atom is -0.449 e. The van der Waals surface area contributed by atoms with E-state index in [1.807, 2.05) is 6.07 Å². The Kier molecular flexibility index (Phi) is 6.23. The standard InChI is InChI=1S/C25H21ClF4N4O3/c1-12(2)25(29,30)20-18(37-16-6-14(9-31)5-15(26)7-16)22(36)34(11-32-20)10-24-8-17(23(4,27)28)21(35)33-19(24)13(24)3/h5-8,11,13,19H,1,10H2,2-4H3,(H,33,35). The Morgan fingerprint density at radius 2 is 2.00 bits per heavy atom. The first-order valence-corrected chi connectivity index (χ1v) is 11.4. The number of benzene rings is 1. The van der Waals surface area contributed by atoms with Crippen LogP contribution >= 0.6 is 11.6 Å². The molecule has 194 valence electrons. The van der Waals surface area contributed by atoms with Crippen LogP contribution in [-0.4, -0.2) is 27.4 Å². The van der Waals surface area contributed by atoms with Crippen LogP contribution in [0.4, 0.5) is 17.6 Å². The third-order valence-corrected chi connectivity index (χ3v) is 6.95. The van der Waals surface area contributed by atoms with E-state index < -0.39 is 57.4 Å². The van der Waals surface area contributed by atoms with Gasteiger partial charge in [-0.05, 0) is 36.6 Å². The number of fused-ring (bicyclic) bond motifs is 1. The molecule has 1 fully saturated rings. The molecule has 37 heavy (non-hydrogen) atoms. The maximum Gasteiger partial charge on any atom is 0.314 e. The van der Waals surface area contributed by atoms with E-state index in [2.05, 4.69) is 16.9 Å². The van der Waals surface area contributed by atoms with Crippen LogP contribution < -0.4 is 15.6 Å². The third kappa shape index (κ3) is 4.50. The Morgan fingerprint density at radius 1 is 1.32 bits per heavy atom. The highest BCUT2D eigenvalue weighted by Crippen LogP contribution is 2.58. The fourth-order valence-corrected chi connectivity index (χ4v) is 4.73. The van der Waals surface area contributed by atoms with E-state index in [1.54, 1.807) is 6.92 Å². The summed E-state index contributed by atoms with van der Waals surface area (Å²) in [5.74, 6) is -9.41. The van der Waals surface area contributed by atoms with Crippen LogP contribution in [0, 0.1) is 22.7 Å². The van der Waals surface area contributed by atoms with Crippen molar-refractivity contribution < 1.29 is 27.1 Å². The number of hydrogen-bond acceptors (Lipinski definition) is 5. The summed E-state index contributed by atoms with van der Waals surface area (Å²) in [5, 5.41) is 11.8. The van der Waals surface area contributed by atoms with Crippen molar-refractivity contribution in [2.24, 2.45) is 11.3 Å². The zero-order chi connectivity index (χ0) is 27.5. The Labute approximate surface area is 214 Å². The topological polar surface area (TPSA) is 97.0 Å². The Balaban J connectivity index is 1.83. The highest BCUT2D eigenvalue weighted by molar-refractivity contribution is 6.30. The first-order valence-electron chi connectivity index (χ1n) is 11.1. The van der Waals surface area contributed by atoms with Gasteiger partial charge in [0.15, 0.2) is 5.69 Å². The maximum absolute atomic E-state index is 15.0. The highest BCUT2D eigenvalue weighted by Gasteiger charge is 2.65. The van der Waals surface area contributed by atoms with E-state index in [-0.39, 0.29) is 28.8 Å². The minimum absolute atomic E-state index is 0.0598. The van der Waals surface area contributed by atoms with Crippen molar-refractivity contribution in [2.45, 2.75) is 45.2 Å². The Bertz CT molecular complexity index is 1460. The lowest BCUT2D eigenvalue weighted by molar-refractivity contribution is -0.121.